The Morgan fingerprint density at radius 1 is 1.44 bits per heavy atom. The third-order valence-electron chi connectivity index (χ3n) is 2.92. The third kappa shape index (κ3) is 3.08. The van der Waals surface area contributed by atoms with E-state index in [-0.39, 0.29) is 11.5 Å². The van der Waals surface area contributed by atoms with E-state index in [9.17, 15) is 5.11 Å². The van der Waals surface area contributed by atoms with Crippen LogP contribution in [0.3, 0.4) is 0 Å². The molecule has 16 heavy (non-hydrogen) atoms. The van der Waals surface area contributed by atoms with Crippen LogP contribution in [-0.2, 0) is 13.5 Å². The first-order valence-electron chi connectivity index (χ1n) is 5.59. The summed E-state index contributed by atoms with van der Waals surface area (Å²) >= 11 is 3.54. The number of rotatable bonds is 3. The highest BCUT2D eigenvalue weighted by Crippen LogP contribution is 2.26. The molecule has 0 fully saturated rings. The largest absolute Gasteiger partial charge is 0.393 e. The number of hydrogen-bond donors (Lipinski definition) is 1. The second-order valence-electron chi connectivity index (χ2n) is 5.39. The molecule has 0 bridgehead atoms. The minimum Gasteiger partial charge on any atom is -0.393 e. The maximum absolute atomic E-state index is 9.99. The van der Waals surface area contributed by atoms with Crippen molar-refractivity contribution in [3.63, 3.8) is 0 Å². The molecular weight excluding hydrogens is 268 g/mol. The van der Waals surface area contributed by atoms with Gasteiger partial charge in [0.1, 0.15) is 0 Å². The quantitative estimate of drug-likeness (QED) is 0.929. The number of halogens is 1. The molecule has 3 nitrogen and oxygen atoms in total. The maximum atomic E-state index is 9.99. The summed E-state index contributed by atoms with van der Waals surface area (Å²) in [6.45, 7) is 8.15. The fourth-order valence-corrected chi connectivity index (χ4v) is 2.19. The molecule has 1 heterocycles. The Morgan fingerprint density at radius 2 is 2.00 bits per heavy atom. The van der Waals surface area contributed by atoms with Crippen LogP contribution in [0.15, 0.2) is 4.47 Å². The average molecular weight is 289 g/mol. The van der Waals surface area contributed by atoms with E-state index in [2.05, 4.69) is 41.8 Å². The van der Waals surface area contributed by atoms with Gasteiger partial charge in [-0.05, 0) is 41.1 Å². The molecule has 4 heteroatoms. The molecule has 1 unspecified atom stereocenters. The zero-order valence-electron chi connectivity index (χ0n) is 10.7. The fraction of sp³-hybridized carbons (Fsp3) is 0.750. The molecule has 1 aromatic rings. The van der Waals surface area contributed by atoms with Gasteiger partial charge in [0.25, 0.3) is 0 Å². The van der Waals surface area contributed by atoms with E-state index in [0.717, 1.165) is 28.7 Å². The van der Waals surface area contributed by atoms with Crippen molar-refractivity contribution in [3.05, 3.63) is 15.9 Å². The Kier molecular flexibility index (Phi) is 4.18. The summed E-state index contributed by atoms with van der Waals surface area (Å²) in [6, 6.07) is 0. The molecule has 0 aliphatic rings. The van der Waals surface area contributed by atoms with E-state index in [0.29, 0.717) is 0 Å². The summed E-state index contributed by atoms with van der Waals surface area (Å²) in [5.41, 5.74) is 2.10. The number of aliphatic hydroxyl groups is 1. The van der Waals surface area contributed by atoms with E-state index in [1.165, 1.54) is 0 Å². The van der Waals surface area contributed by atoms with Gasteiger partial charge in [-0.25, -0.2) is 0 Å². The highest BCUT2D eigenvalue weighted by Gasteiger charge is 2.22. The standard InChI is InChI=1S/C12H21BrN2O/c1-8-11(13)9(15(5)14-8)6-7-10(16)12(2,3)4/h10,16H,6-7H2,1-5H3. The minimum atomic E-state index is -0.283. The number of aryl methyl sites for hydroxylation is 2. The van der Waals surface area contributed by atoms with Crippen molar-refractivity contribution >= 4 is 15.9 Å². The van der Waals surface area contributed by atoms with Gasteiger partial charge in [0.2, 0.25) is 0 Å². The predicted octanol–water partition coefficient (Wildman–Crippen LogP) is 2.83. The summed E-state index contributed by atoms with van der Waals surface area (Å²) in [6.07, 6.45) is 1.33. The Bertz CT molecular complexity index is 366. The van der Waals surface area contributed by atoms with Crippen LogP contribution in [0.1, 0.15) is 38.6 Å². The van der Waals surface area contributed by atoms with Crippen molar-refractivity contribution in [2.75, 3.05) is 0 Å². The maximum Gasteiger partial charge on any atom is 0.0738 e. The van der Waals surface area contributed by atoms with E-state index < -0.39 is 0 Å². The summed E-state index contributed by atoms with van der Waals surface area (Å²) in [4.78, 5) is 0. The topological polar surface area (TPSA) is 38.0 Å². The van der Waals surface area contributed by atoms with Crippen LogP contribution in [0.4, 0.5) is 0 Å². The van der Waals surface area contributed by atoms with Crippen molar-refractivity contribution in [2.45, 2.75) is 46.6 Å². The van der Waals surface area contributed by atoms with Gasteiger partial charge in [0, 0.05) is 7.05 Å². The first-order valence-corrected chi connectivity index (χ1v) is 6.39. The van der Waals surface area contributed by atoms with Gasteiger partial charge in [-0.15, -0.1) is 0 Å². The van der Waals surface area contributed by atoms with Gasteiger partial charge in [-0.3, -0.25) is 4.68 Å². The van der Waals surface area contributed by atoms with Crippen molar-refractivity contribution in [1.29, 1.82) is 0 Å². The van der Waals surface area contributed by atoms with E-state index in [1.807, 2.05) is 18.7 Å². The third-order valence-corrected chi connectivity index (χ3v) is 3.95. The van der Waals surface area contributed by atoms with Crippen LogP contribution in [0.2, 0.25) is 0 Å². The monoisotopic (exact) mass is 288 g/mol. The zero-order valence-corrected chi connectivity index (χ0v) is 12.3. The lowest BCUT2D eigenvalue weighted by atomic mass is 9.86. The molecule has 1 atom stereocenters. The average Bonchev–Trinajstić information content (AvgIpc) is 2.37. The molecule has 1 N–H and O–H groups in total. The molecule has 0 spiro atoms. The molecule has 0 aliphatic heterocycles. The summed E-state index contributed by atoms with van der Waals surface area (Å²) in [5, 5.41) is 14.3. The number of nitrogens with zero attached hydrogens (tertiary/aromatic N) is 2. The lowest BCUT2D eigenvalue weighted by Crippen LogP contribution is -2.26. The number of aromatic nitrogens is 2. The molecule has 0 saturated heterocycles. The van der Waals surface area contributed by atoms with Gasteiger partial charge in [0.05, 0.1) is 22.0 Å². The Morgan fingerprint density at radius 3 is 2.38 bits per heavy atom. The second-order valence-corrected chi connectivity index (χ2v) is 6.18. The lowest BCUT2D eigenvalue weighted by molar-refractivity contribution is 0.0555. The predicted molar refractivity (Wildman–Crippen MR) is 69.4 cm³/mol. The van der Waals surface area contributed by atoms with Crippen LogP contribution in [-0.4, -0.2) is 21.0 Å². The van der Waals surface area contributed by atoms with Crippen LogP contribution >= 0.6 is 15.9 Å². The van der Waals surface area contributed by atoms with Crippen LogP contribution < -0.4 is 0 Å². The molecule has 0 amide bonds. The van der Waals surface area contributed by atoms with Gasteiger partial charge < -0.3 is 5.11 Å². The first-order chi connectivity index (χ1) is 7.23. The van der Waals surface area contributed by atoms with Gasteiger partial charge in [-0.1, -0.05) is 20.8 Å². The summed E-state index contributed by atoms with van der Waals surface area (Å²) in [5.74, 6) is 0. The van der Waals surface area contributed by atoms with Gasteiger partial charge in [0.15, 0.2) is 0 Å². The summed E-state index contributed by atoms with van der Waals surface area (Å²) in [7, 11) is 1.94. The highest BCUT2D eigenvalue weighted by atomic mass is 79.9. The lowest BCUT2D eigenvalue weighted by Gasteiger charge is -2.25. The van der Waals surface area contributed by atoms with Gasteiger partial charge >= 0.3 is 0 Å². The Labute approximate surface area is 106 Å². The fourth-order valence-electron chi connectivity index (χ4n) is 1.66. The first kappa shape index (κ1) is 13.7. The molecule has 92 valence electrons. The zero-order chi connectivity index (χ0) is 12.5. The molecule has 0 aromatic carbocycles. The molecule has 0 saturated carbocycles. The SMILES string of the molecule is Cc1nn(C)c(CCC(O)C(C)(C)C)c1Br. The van der Waals surface area contributed by atoms with Crippen molar-refractivity contribution in [2.24, 2.45) is 12.5 Å². The van der Waals surface area contributed by atoms with Gasteiger partial charge in [-0.2, -0.15) is 5.10 Å². The second kappa shape index (κ2) is 4.88. The van der Waals surface area contributed by atoms with Crippen LogP contribution in [0.25, 0.3) is 0 Å². The minimum absolute atomic E-state index is 0.0554. The molecule has 0 aliphatic carbocycles. The smallest absolute Gasteiger partial charge is 0.0738 e. The van der Waals surface area contributed by atoms with Crippen LogP contribution in [0, 0.1) is 12.3 Å². The molecule has 1 rings (SSSR count). The van der Waals surface area contributed by atoms with E-state index in [1.54, 1.807) is 0 Å². The normalized spacial score (nSPS) is 14.2. The van der Waals surface area contributed by atoms with Crippen molar-refractivity contribution < 1.29 is 5.11 Å². The summed E-state index contributed by atoms with van der Waals surface area (Å²) < 4.78 is 2.95. The van der Waals surface area contributed by atoms with Crippen LogP contribution in [0.5, 0.6) is 0 Å². The number of hydrogen-bond acceptors (Lipinski definition) is 2. The molecule has 1 aromatic heterocycles. The Hall–Kier alpha value is -0.350. The van der Waals surface area contributed by atoms with Crippen molar-refractivity contribution in [1.82, 2.24) is 9.78 Å². The molecular formula is C12H21BrN2O. The number of aliphatic hydroxyl groups excluding tert-OH is 1. The highest BCUT2D eigenvalue weighted by molar-refractivity contribution is 9.10. The Balaban J connectivity index is 2.68. The van der Waals surface area contributed by atoms with E-state index in [4.69, 9.17) is 0 Å². The molecule has 0 radical (unpaired) electrons. The van der Waals surface area contributed by atoms with E-state index >= 15 is 0 Å². The van der Waals surface area contributed by atoms with Crippen molar-refractivity contribution in [3.8, 4) is 0 Å².